The summed E-state index contributed by atoms with van der Waals surface area (Å²) in [5.74, 6) is -0.0837. The molecular weight excluding hydrogens is 507 g/mol. The Kier molecular flexibility index (Phi) is 5.67. The van der Waals surface area contributed by atoms with E-state index in [2.05, 4.69) is 55.6 Å². The van der Waals surface area contributed by atoms with Gasteiger partial charge in [0.1, 0.15) is 0 Å². The Bertz CT molecular complexity index is 1100. The molecule has 0 saturated heterocycles. The van der Waals surface area contributed by atoms with Gasteiger partial charge in [0.05, 0.1) is 0 Å². The van der Waals surface area contributed by atoms with Crippen molar-refractivity contribution in [1.29, 1.82) is 0 Å². The summed E-state index contributed by atoms with van der Waals surface area (Å²) in [6.07, 6.45) is 9.44. The Morgan fingerprint density at radius 2 is 2.29 bits per heavy atom. The number of nitrogens with zero attached hydrogens (tertiary/aromatic N) is 2. The summed E-state index contributed by atoms with van der Waals surface area (Å²) in [4.78, 5) is 18.1. The Balaban J connectivity index is 1.44. The Morgan fingerprint density at radius 1 is 1.42 bits per heavy atom. The molecule has 158 valence electrons. The van der Waals surface area contributed by atoms with Crippen LogP contribution in [-0.4, -0.2) is 59.4 Å². The zero-order valence-corrected chi connectivity index (χ0v) is 22.3. The minimum absolute atomic E-state index is 0.0837. The molecule has 5 rings (SSSR count). The van der Waals surface area contributed by atoms with Gasteiger partial charge in [-0.2, -0.15) is 0 Å². The van der Waals surface area contributed by atoms with Crippen molar-refractivity contribution in [2.45, 2.75) is 43.9 Å². The number of allylic oxidation sites excluding steroid dienone is 2. The molecule has 3 aliphatic heterocycles. The average Bonchev–Trinajstić information content (AvgIpc) is 3.30. The number of benzene rings is 1. The van der Waals surface area contributed by atoms with Crippen molar-refractivity contribution in [3.05, 3.63) is 64.6 Å². The van der Waals surface area contributed by atoms with E-state index in [4.69, 9.17) is 4.99 Å². The second-order valence-corrected chi connectivity index (χ2v) is 14.1. The van der Waals surface area contributed by atoms with Gasteiger partial charge in [-0.05, 0) is 6.92 Å². The Morgan fingerprint density at radius 3 is 3.06 bits per heavy atom. The number of amides is 1. The fourth-order valence-electron chi connectivity index (χ4n) is 4.74. The van der Waals surface area contributed by atoms with Crippen LogP contribution in [0.5, 0.6) is 0 Å². The maximum atomic E-state index is 13.1. The fourth-order valence-corrected chi connectivity index (χ4v) is 8.78. The number of nitrogens with one attached hydrogen (secondary N) is 2. The molecule has 2 atom stereocenters. The van der Waals surface area contributed by atoms with Crippen molar-refractivity contribution in [2.75, 3.05) is 13.6 Å². The molecule has 5 nitrogen and oxygen atoms in total. The van der Waals surface area contributed by atoms with Crippen LogP contribution in [0.1, 0.15) is 48.6 Å². The first-order chi connectivity index (χ1) is 14.9. The van der Waals surface area contributed by atoms with E-state index in [1.165, 1.54) is 22.3 Å². The van der Waals surface area contributed by atoms with Gasteiger partial charge in [-0.3, -0.25) is 0 Å². The zero-order chi connectivity index (χ0) is 21.6. The minimum atomic E-state index is -0.754. The monoisotopic (exact) mass is 534 g/mol. The maximum absolute atomic E-state index is 13.1. The van der Waals surface area contributed by atoms with Crippen LogP contribution < -0.4 is 10.6 Å². The molecule has 0 saturated carbocycles. The number of fused-ring (bicyclic) bond motifs is 3. The van der Waals surface area contributed by atoms with Gasteiger partial charge in [-0.1, -0.05) is 0 Å². The summed E-state index contributed by atoms with van der Waals surface area (Å²) in [6.45, 7) is 4.96. The molecule has 31 heavy (non-hydrogen) atoms. The predicted molar refractivity (Wildman–Crippen MR) is 131 cm³/mol. The standard InChI is InChI=1S/C24H27N4OS.In/c1-15(13-25-4)18-8-7-17-6-5-10-24(3)21(19(17)12-18)30-23(28-24)22(29)27-20-9-11-26-14-16(20)2;/h1,7-9,12-14,21,26H,5-6,10-11H2,2-4H3,(H,27,29);/q-1;+1. The molecule has 0 radical (unpaired) electrons. The fraction of sp³-hybridized carbons (Fsp3) is 0.375. The third-order valence-electron chi connectivity index (χ3n) is 6.48. The molecule has 2 unspecified atom stereocenters. The van der Waals surface area contributed by atoms with Crippen LogP contribution in [0.2, 0.25) is 0 Å². The quantitative estimate of drug-likeness (QED) is 0.626. The summed E-state index contributed by atoms with van der Waals surface area (Å²) < 4.78 is 4.86. The van der Waals surface area contributed by atoms with E-state index in [1.807, 2.05) is 19.2 Å². The van der Waals surface area contributed by atoms with Crippen molar-refractivity contribution in [2.24, 2.45) is 4.99 Å². The number of hydrogen-bond acceptors (Lipinski definition) is 5. The molecule has 1 aromatic rings. The van der Waals surface area contributed by atoms with Crippen LogP contribution in [-0.2, 0) is 11.2 Å². The molecule has 3 heterocycles. The van der Waals surface area contributed by atoms with E-state index >= 15 is 0 Å². The third kappa shape index (κ3) is 4.07. The van der Waals surface area contributed by atoms with Crippen LogP contribution in [0.4, 0.5) is 0 Å². The summed E-state index contributed by atoms with van der Waals surface area (Å²) in [5, 5.41) is 7.05. The van der Waals surface area contributed by atoms with E-state index in [0.717, 1.165) is 37.1 Å². The molecule has 1 aliphatic carbocycles. The van der Waals surface area contributed by atoms with Gasteiger partial charge >= 0.3 is 175 Å². The Labute approximate surface area is 199 Å². The molecule has 2 N–H and O–H groups in total. The van der Waals surface area contributed by atoms with Crippen LogP contribution in [0.25, 0.3) is 5.57 Å². The van der Waals surface area contributed by atoms with E-state index in [0.29, 0.717) is 5.04 Å². The molecule has 0 aromatic heterocycles. The molecule has 0 spiro atoms. The van der Waals surface area contributed by atoms with Gasteiger partial charge in [0.2, 0.25) is 0 Å². The number of rotatable bonds is 3. The van der Waals surface area contributed by atoms with Gasteiger partial charge < -0.3 is 5.32 Å². The summed E-state index contributed by atoms with van der Waals surface area (Å²) in [5.41, 5.74) is 7.12. The first kappa shape index (κ1) is 21.1. The molecule has 4 aliphatic rings. The second-order valence-electron chi connectivity index (χ2n) is 8.91. The van der Waals surface area contributed by atoms with Gasteiger partial charge in [-0.25, -0.2) is 0 Å². The number of carbonyl (C=O) groups is 1. The molecule has 1 amide bonds. The van der Waals surface area contributed by atoms with Crippen LogP contribution in [0.15, 0.2) is 52.9 Å². The predicted octanol–water partition coefficient (Wildman–Crippen LogP) is 3.18. The van der Waals surface area contributed by atoms with Crippen molar-refractivity contribution >= 4 is 54.8 Å². The summed E-state index contributed by atoms with van der Waals surface area (Å²) >= 11 is 0.893. The number of hydrogen-bond donors (Lipinski definition) is 2. The topological polar surface area (TPSA) is 56.7 Å². The normalized spacial score (nSPS) is 26.4. The first-order valence-electron chi connectivity index (χ1n) is 10.9. The zero-order valence-electron chi connectivity index (χ0n) is 18.2. The van der Waals surface area contributed by atoms with Crippen molar-refractivity contribution < 1.29 is 4.79 Å². The molecule has 7 heteroatoms. The Hall–Kier alpha value is -1.73. The van der Waals surface area contributed by atoms with E-state index in [1.54, 1.807) is 11.8 Å². The van der Waals surface area contributed by atoms with Crippen LogP contribution in [0.3, 0.4) is 0 Å². The second kappa shape index (κ2) is 8.32. The van der Waals surface area contributed by atoms with Crippen molar-refractivity contribution in [3.8, 4) is 0 Å². The number of aryl methyl sites for hydroxylation is 1. The number of carbonyl (C=O) groups excluding carboxylic acids is 1. The third-order valence-corrected chi connectivity index (χ3v) is 11.2. The van der Waals surface area contributed by atoms with E-state index in [-0.39, 0.29) is 16.7 Å². The SMILES string of the molecule is CC1=CNCC=C1NC(=O)C1=NC2(C)CCCc3ccc(C4=C[N](C)[In]=[CH]4)cc3C2S1. The molecule has 1 aromatic carbocycles. The van der Waals surface area contributed by atoms with E-state index < -0.39 is 22.7 Å². The van der Waals surface area contributed by atoms with Crippen LogP contribution in [0, 0.1) is 0 Å². The van der Waals surface area contributed by atoms with Crippen molar-refractivity contribution in [3.63, 3.8) is 0 Å². The summed E-state index contributed by atoms with van der Waals surface area (Å²) in [7, 11) is 2.19. The van der Waals surface area contributed by atoms with Gasteiger partial charge in [-0.15, -0.1) is 0 Å². The molecule has 0 fully saturated rings. The number of thioether (sulfide) groups is 1. The first-order valence-corrected chi connectivity index (χ1v) is 15.1. The number of aliphatic imine (C=N–C) groups is 1. The molecular formula is C24H27InN4OS. The number of dihydropyridines is 1. The summed E-state index contributed by atoms with van der Waals surface area (Å²) in [6, 6.07) is 6.96. The van der Waals surface area contributed by atoms with Gasteiger partial charge in [0.15, 0.2) is 0 Å². The van der Waals surface area contributed by atoms with Crippen LogP contribution >= 0.6 is 11.8 Å². The van der Waals surface area contributed by atoms with E-state index in [9.17, 15) is 4.79 Å². The van der Waals surface area contributed by atoms with Gasteiger partial charge in [0.25, 0.3) is 0 Å². The van der Waals surface area contributed by atoms with Crippen molar-refractivity contribution in [1.82, 2.24) is 13.5 Å². The average molecular weight is 534 g/mol. The van der Waals surface area contributed by atoms with Gasteiger partial charge in [0, 0.05) is 12.7 Å². The molecule has 0 bridgehead atoms.